The maximum atomic E-state index is 9.62. The van der Waals surface area contributed by atoms with Crippen LogP contribution in [-0.4, -0.2) is 20.8 Å². The van der Waals surface area contributed by atoms with E-state index in [9.17, 15) is 5.11 Å². The second kappa shape index (κ2) is 4.67. The highest BCUT2D eigenvalue weighted by Crippen LogP contribution is 2.33. The molecule has 0 saturated heterocycles. The van der Waals surface area contributed by atoms with Crippen molar-refractivity contribution in [3.05, 3.63) is 28.5 Å². The van der Waals surface area contributed by atoms with E-state index >= 15 is 0 Å². The topological polar surface area (TPSA) is 38.0 Å². The Labute approximate surface area is 115 Å². The molecule has 0 atom stereocenters. The smallest absolute Gasteiger partial charge is 0.106 e. The number of aliphatic hydroxyl groups excluding tert-OH is 1. The number of aliphatic hydroxyl groups is 1. The van der Waals surface area contributed by atoms with Crippen molar-refractivity contribution in [1.29, 1.82) is 0 Å². The van der Waals surface area contributed by atoms with Gasteiger partial charge < -0.3 is 9.67 Å². The predicted octanol–water partition coefficient (Wildman–Crippen LogP) is 3.58. The molecule has 18 heavy (non-hydrogen) atoms. The van der Waals surface area contributed by atoms with E-state index < -0.39 is 0 Å². The highest BCUT2D eigenvalue weighted by molar-refractivity contribution is 9.10. The first kappa shape index (κ1) is 12.2. The fraction of sp³-hybridized carbons (Fsp3) is 0.500. The molecule has 96 valence electrons. The number of halogens is 1. The Kier molecular flexibility index (Phi) is 3.16. The van der Waals surface area contributed by atoms with Gasteiger partial charge in [-0.2, -0.15) is 0 Å². The second-order valence-corrected chi connectivity index (χ2v) is 6.04. The molecule has 1 aromatic carbocycles. The number of aryl methyl sites for hydroxylation is 1. The van der Waals surface area contributed by atoms with Crippen LogP contribution < -0.4 is 0 Å². The van der Waals surface area contributed by atoms with Gasteiger partial charge in [0.25, 0.3) is 0 Å². The van der Waals surface area contributed by atoms with Gasteiger partial charge in [-0.1, -0.05) is 15.9 Å². The average molecular weight is 309 g/mol. The van der Waals surface area contributed by atoms with Crippen molar-refractivity contribution < 1.29 is 5.11 Å². The van der Waals surface area contributed by atoms with E-state index in [1.54, 1.807) is 0 Å². The van der Waals surface area contributed by atoms with E-state index in [2.05, 4.69) is 44.5 Å². The zero-order valence-corrected chi connectivity index (χ0v) is 12.0. The number of aromatic nitrogens is 2. The zero-order valence-electron chi connectivity index (χ0n) is 10.4. The fourth-order valence-corrected chi connectivity index (χ4v) is 3.31. The number of nitrogens with zero attached hydrogens (tertiary/aromatic N) is 2. The average Bonchev–Trinajstić information content (AvgIpc) is 2.66. The molecule has 1 saturated carbocycles. The SMILES string of the molecule is Cc1nc2ccc(Br)cc2n1C1CCC(O)CC1. The fourth-order valence-electron chi connectivity index (χ4n) is 2.96. The van der Waals surface area contributed by atoms with Gasteiger partial charge in [0.2, 0.25) is 0 Å². The quantitative estimate of drug-likeness (QED) is 0.874. The first-order valence-electron chi connectivity index (χ1n) is 6.47. The standard InChI is InChI=1S/C14H17BrN2O/c1-9-16-13-7-2-10(15)8-14(13)17(9)11-3-5-12(18)6-4-11/h2,7-8,11-12,18H,3-6H2,1H3. The van der Waals surface area contributed by atoms with Crippen LogP contribution in [0.25, 0.3) is 11.0 Å². The van der Waals surface area contributed by atoms with E-state index in [0.717, 1.165) is 41.5 Å². The molecule has 0 aliphatic heterocycles. The number of hydrogen-bond donors (Lipinski definition) is 1. The van der Waals surface area contributed by atoms with E-state index in [4.69, 9.17) is 0 Å². The van der Waals surface area contributed by atoms with E-state index in [-0.39, 0.29) is 6.10 Å². The van der Waals surface area contributed by atoms with Gasteiger partial charge in [-0.15, -0.1) is 0 Å². The number of rotatable bonds is 1. The molecule has 3 nitrogen and oxygen atoms in total. The summed E-state index contributed by atoms with van der Waals surface area (Å²) in [5, 5.41) is 9.62. The Hall–Kier alpha value is -0.870. The lowest BCUT2D eigenvalue weighted by Gasteiger charge is -2.28. The Bertz CT molecular complexity index is 570. The second-order valence-electron chi connectivity index (χ2n) is 5.12. The number of benzene rings is 1. The lowest BCUT2D eigenvalue weighted by atomic mass is 9.93. The molecular weight excluding hydrogens is 292 g/mol. The van der Waals surface area contributed by atoms with Crippen LogP contribution in [0.5, 0.6) is 0 Å². The Morgan fingerprint density at radius 2 is 2.00 bits per heavy atom. The minimum Gasteiger partial charge on any atom is -0.393 e. The molecule has 1 aliphatic carbocycles. The molecule has 3 rings (SSSR count). The summed E-state index contributed by atoms with van der Waals surface area (Å²) >= 11 is 3.53. The first-order valence-corrected chi connectivity index (χ1v) is 7.26. The van der Waals surface area contributed by atoms with Crippen LogP contribution in [0.1, 0.15) is 37.5 Å². The van der Waals surface area contributed by atoms with E-state index in [1.807, 2.05) is 6.07 Å². The van der Waals surface area contributed by atoms with Crippen LogP contribution in [0.4, 0.5) is 0 Å². The van der Waals surface area contributed by atoms with Crippen molar-refractivity contribution in [2.75, 3.05) is 0 Å². The third kappa shape index (κ3) is 2.08. The predicted molar refractivity (Wildman–Crippen MR) is 75.7 cm³/mol. The summed E-state index contributed by atoms with van der Waals surface area (Å²) in [6.45, 7) is 2.07. The van der Waals surface area contributed by atoms with Gasteiger partial charge in [-0.3, -0.25) is 0 Å². The van der Waals surface area contributed by atoms with E-state index in [0.29, 0.717) is 6.04 Å². The molecule has 0 bridgehead atoms. The van der Waals surface area contributed by atoms with Crippen molar-refractivity contribution in [3.8, 4) is 0 Å². The highest BCUT2D eigenvalue weighted by Gasteiger charge is 2.23. The molecule has 1 fully saturated rings. The molecular formula is C14H17BrN2O. The van der Waals surface area contributed by atoms with Gasteiger partial charge in [0.05, 0.1) is 17.1 Å². The normalized spacial score (nSPS) is 24.6. The van der Waals surface area contributed by atoms with Crippen LogP contribution in [0.15, 0.2) is 22.7 Å². The maximum absolute atomic E-state index is 9.62. The zero-order chi connectivity index (χ0) is 12.7. The molecule has 1 aliphatic rings. The van der Waals surface area contributed by atoms with Gasteiger partial charge in [0.1, 0.15) is 5.82 Å². The monoisotopic (exact) mass is 308 g/mol. The van der Waals surface area contributed by atoms with E-state index in [1.165, 1.54) is 5.52 Å². The lowest BCUT2D eigenvalue weighted by Crippen LogP contribution is -2.21. The number of fused-ring (bicyclic) bond motifs is 1. The van der Waals surface area contributed by atoms with Gasteiger partial charge >= 0.3 is 0 Å². The van der Waals surface area contributed by atoms with Gasteiger partial charge in [-0.25, -0.2) is 4.98 Å². The summed E-state index contributed by atoms with van der Waals surface area (Å²) in [5.74, 6) is 1.07. The summed E-state index contributed by atoms with van der Waals surface area (Å²) in [5.41, 5.74) is 2.25. The molecule has 1 N–H and O–H groups in total. The third-order valence-electron chi connectivity index (χ3n) is 3.86. The number of imidazole rings is 1. The molecule has 4 heteroatoms. The Morgan fingerprint density at radius 3 is 2.72 bits per heavy atom. The summed E-state index contributed by atoms with van der Waals surface area (Å²) in [6, 6.07) is 6.71. The van der Waals surface area contributed by atoms with Crippen LogP contribution in [0, 0.1) is 6.92 Å². The minimum atomic E-state index is -0.108. The molecule has 0 unspecified atom stereocenters. The van der Waals surface area contributed by atoms with Gasteiger partial charge in [0.15, 0.2) is 0 Å². The van der Waals surface area contributed by atoms with Crippen molar-refractivity contribution in [2.45, 2.75) is 44.8 Å². The molecule has 1 heterocycles. The largest absolute Gasteiger partial charge is 0.393 e. The summed E-state index contributed by atoms with van der Waals surface area (Å²) in [4.78, 5) is 4.63. The van der Waals surface area contributed by atoms with Crippen LogP contribution in [0.3, 0.4) is 0 Å². The summed E-state index contributed by atoms with van der Waals surface area (Å²) < 4.78 is 3.43. The van der Waals surface area contributed by atoms with Gasteiger partial charge in [-0.05, 0) is 50.8 Å². The Morgan fingerprint density at radius 1 is 1.28 bits per heavy atom. The molecule has 2 aromatic rings. The number of hydrogen-bond acceptors (Lipinski definition) is 2. The first-order chi connectivity index (χ1) is 8.65. The Balaban J connectivity index is 2.05. The molecule has 0 amide bonds. The van der Waals surface area contributed by atoms with Crippen molar-refractivity contribution >= 4 is 27.0 Å². The van der Waals surface area contributed by atoms with Crippen LogP contribution in [-0.2, 0) is 0 Å². The van der Waals surface area contributed by atoms with Crippen molar-refractivity contribution in [3.63, 3.8) is 0 Å². The minimum absolute atomic E-state index is 0.108. The third-order valence-corrected chi connectivity index (χ3v) is 4.35. The van der Waals surface area contributed by atoms with Gasteiger partial charge in [0, 0.05) is 10.5 Å². The van der Waals surface area contributed by atoms with Crippen LogP contribution in [0.2, 0.25) is 0 Å². The molecule has 1 aromatic heterocycles. The van der Waals surface area contributed by atoms with Crippen LogP contribution >= 0.6 is 15.9 Å². The summed E-state index contributed by atoms with van der Waals surface area (Å²) in [7, 11) is 0. The lowest BCUT2D eigenvalue weighted by molar-refractivity contribution is 0.111. The maximum Gasteiger partial charge on any atom is 0.106 e. The molecule has 0 radical (unpaired) electrons. The highest BCUT2D eigenvalue weighted by atomic mass is 79.9. The van der Waals surface area contributed by atoms with Crippen molar-refractivity contribution in [2.24, 2.45) is 0 Å². The van der Waals surface area contributed by atoms with Crippen molar-refractivity contribution in [1.82, 2.24) is 9.55 Å². The molecule has 0 spiro atoms. The summed E-state index contributed by atoms with van der Waals surface area (Å²) in [6.07, 6.45) is 3.78.